The van der Waals surface area contributed by atoms with E-state index in [-0.39, 0.29) is 13.0 Å². The molecule has 0 saturated carbocycles. The van der Waals surface area contributed by atoms with Gasteiger partial charge in [0.1, 0.15) is 29.0 Å². The number of halogens is 1. The third kappa shape index (κ3) is 5.39. The lowest BCUT2D eigenvalue weighted by molar-refractivity contribution is -0.155. The Morgan fingerprint density at radius 1 is 1.28 bits per heavy atom. The van der Waals surface area contributed by atoms with Crippen LogP contribution in [-0.2, 0) is 23.9 Å². The number of carbonyl (C=O) groups is 4. The van der Waals surface area contributed by atoms with Crippen LogP contribution in [0.3, 0.4) is 0 Å². The summed E-state index contributed by atoms with van der Waals surface area (Å²) in [6.07, 6.45) is 4.52. The van der Waals surface area contributed by atoms with Gasteiger partial charge in [0, 0.05) is 6.54 Å². The first kappa shape index (κ1) is 25.7. The Hall–Kier alpha value is -3.37. The molecule has 1 aliphatic carbocycles. The van der Waals surface area contributed by atoms with Crippen LogP contribution in [0.25, 0.3) is 0 Å². The number of cyclic esters (lactones) is 1. The quantitative estimate of drug-likeness (QED) is 0.362. The Balaban J connectivity index is 1.33. The van der Waals surface area contributed by atoms with Gasteiger partial charge in [0.05, 0.1) is 18.4 Å². The highest BCUT2D eigenvalue weighted by molar-refractivity contribution is 6.25. The van der Waals surface area contributed by atoms with E-state index >= 15 is 0 Å². The summed E-state index contributed by atoms with van der Waals surface area (Å²) in [5.41, 5.74) is -1.17. The van der Waals surface area contributed by atoms with Crippen molar-refractivity contribution in [2.45, 2.75) is 49.9 Å². The number of amides is 3. The van der Waals surface area contributed by atoms with Crippen molar-refractivity contribution in [3.8, 4) is 5.75 Å². The van der Waals surface area contributed by atoms with E-state index in [1.165, 1.54) is 4.90 Å². The molecule has 1 aromatic rings. The third-order valence-electron chi connectivity index (χ3n) is 6.53. The number of benzene rings is 1. The summed E-state index contributed by atoms with van der Waals surface area (Å²) in [4.78, 5) is 51.4. The second-order valence-electron chi connectivity index (χ2n) is 9.12. The molecule has 11 heteroatoms. The molecule has 5 atom stereocenters. The number of hydrogen-bond donors (Lipinski definition) is 3. The summed E-state index contributed by atoms with van der Waals surface area (Å²) < 4.78 is 10.5. The number of allylic oxidation sites excluding steroid dienone is 3. The maximum absolute atomic E-state index is 13.1. The van der Waals surface area contributed by atoms with Crippen molar-refractivity contribution in [3.63, 3.8) is 0 Å². The number of rotatable bonds is 7. The largest absolute Gasteiger partial charge is 0.460 e. The molecule has 0 spiro atoms. The molecule has 3 aliphatic rings. The molecule has 3 amide bonds. The van der Waals surface area contributed by atoms with Crippen molar-refractivity contribution in [2.24, 2.45) is 5.41 Å². The maximum Gasteiger partial charge on any atom is 0.310 e. The van der Waals surface area contributed by atoms with Crippen LogP contribution in [0, 0.1) is 5.41 Å². The number of hydrogen-bond acceptors (Lipinski definition) is 7. The summed E-state index contributed by atoms with van der Waals surface area (Å²) in [6, 6.07) is 7.43. The molecule has 36 heavy (non-hydrogen) atoms. The predicted octanol–water partition coefficient (Wildman–Crippen LogP) is 0.990. The van der Waals surface area contributed by atoms with E-state index in [1.54, 1.807) is 37.3 Å². The average Bonchev–Trinajstić information content (AvgIpc) is 3.47. The molecule has 0 bridgehead atoms. The Morgan fingerprint density at radius 2 is 2.03 bits per heavy atom. The van der Waals surface area contributed by atoms with E-state index in [0.717, 1.165) is 0 Å². The molecule has 0 radical (unpaired) electrons. The molecule has 4 rings (SSSR count). The number of nitrogens with one attached hydrogen (secondary N) is 2. The smallest absolute Gasteiger partial charge is 0.310 e. The van der Waals surface area contributed by atoms with Crippen LogP contribution in [-0.4, -0.2) is 70.5 Å². The van der Waals surface area contributed by atoms with Gasteiger partial charge in [-0.2, -0.15) is 0 Å². The normalized spacial score (nSPS) is 29.4. The van der Waals surface area contributed by atoms with E-state index < -0.39 is 52.9 Å². The minimum Gasteiger partial charge on any atom is -0.460 e. The fraction of sp³-hybridized carbons (Fsp3) is 0.440. The number of carbonyl (C=O) groups excluding carboxylic acids is 4. The minimum absolute atomic E-state index is 0.139. The minimum atomic E-state index is -1.41. The molecule has 1 aromatic carbocycles. The first-order valence-corrected chi connectivity index (χ1v) is 12.1. The van der Waals surface area contributed by atoms with Crippen molar-refractivity contribution in [1.82, 2.24) is 15.5 Å². The lowest BCUT2D eigenvalue weighted by atomic mass is 9.81. The van der Waals surface area contributed by atoms with Crippen LogP contribution < -0.4 is 15.4 Å². The number of para-hydroxylation sites is 1. The fourth-order valence-corrected chi connectivity index (χ4v) is 4.73. The van der Waals surface area contributed by atoms with E-state index in [1.807, 2.05) is 18.2 Å². The number of nitrogens with zero attached hydrogens (tertiary/aromatic N) is 1. The zero-order valence-electron chi connectivity index (χ0n) is 19.7. The first-order valence-electron chi connectivity index (χ1n) is 11.7. The van der Waals surface area contributed by atoms with Crippen molar-refractivity contribution >= 4 is 35.3 Å². The molecule has 10 nitrogen and oxygen atoms in total. The summed E-state index contributed by atoms with van der Waals surface area (Å²) in [6.45, 7) is 1.69. The van der Waals surface area contributed by atoms with Crippen LogP contribution in [0.15, 0.2) is 54.3 Å². The van der Waals surface area contributed by atoms with Crippen LogP contribution >= 0.6 is 11.6 Å². The number of ether oxygens (including phenoxy) is 2. The lowest BCUT2D eigenvalue weighted by Gasteiger charge is -2.33. The van der Waals surface area contributed by atoms with Gasteiger partial charge in [0.15, 0.2) is 0 Å². The predicted molar refractivity (Wildman–Crippen MR) is 128 cm³/mol. The summed E-state index contributed by atoms with van der Waals surface area (Å²) in [5.74, 6) is -0.982. The maximum atomic E-state index is 13.1. The monoisotopic (exact) mass is 517 g/mol. The van der Waals surface area contributed by atoms with Gasteiger partial charge < -0.3 is 30.1 Å². The summed E-state index contributed by atoms with van der Waals surface area (Å²) in [7, 11) is 0. The zero-order chi connectivity index (χ0) is 25.9. The molecular weight excluding hydrogens is 490 g/mol. The number of aliphatic hydroxyl groups excluding tert-OH is 1. The van der Waals surface area contributed by atoms with Gasteiger partial charge in [-0.25, -0.2) is 0 Å². The van der Waals surface area contributed by atoms with E-state index in [2.05, 4.69) is 15.4 Å². The van der Waals surface area contributed by atoms with Gasteiger partial charge >= 0.3 is 5.97 Å². The Kier molecular flexibility index (Phi) is 7.65. The van der Waals surface area contributed by atoms with E-state index in [4.69, 9.17) is 16.3 Å². The number of esters is 1. The van der Waals surface area contributed by atoms with Crippen molar-refractivity contribution in [3.05, 3.63) is 54.3 Å². The standard InChI is InChI=1S/C25H28ClN3O7/c1-25(11-5-10-18(21(25)26)35-15-7-3-2-4-8-15)24(34)27-14-19(30)29-12-6-9-17(29)22(32)28-16-13-20(31)36-23(16)33/h2-5,7-8,10-11,16-17,21,23,33H,6,9,12-14H2,1H3,(H,27,34)(H,28,32)/t16-,17-,21?,23+,25-/m0/s1. The van der Waals surface area contributed by atoms with Crippen LogP contribution in [0.5, 0.6) is 5.75 Å². The molecule has 2 saturated heterocycles. The van der Waals surface area contributed by atoms with Gasteiger partial charge in [0.2, 0.25) is 24.0 Å². The van der Waals surface area contributed by atoms with Crippen LogP contribution in [0.1, 0.15) is 26.2 Å². The first-order chi connectivity index (χ1) is 17.2. The Bertz CT molecular complexity index is 1090. The molecule has 2 heterocycles. The fourth-order valence-electron chi connectivity index (χ4n) is 4.44. The second kappa shape index (κ2) is 10.7. The highest BCUT2D eigenvalue weighted by Crippen LogP contribution is 2.37. The molecular formula is C25H28ClN3O7. The Morgan fingerprint density at radius 3 is 2.72 bits per heavy atom. The molecule has 3 N–H and O–H groups in total. The van der Waals surface area contributed by atoms with E-state index in [9.17, 15) is 24.3 Å². The molecule has 192 valence electrons. The lowest BCUT2D eigenvalue weighted by Crippen LogP contribution is -2.53. The van der Waals surface area contributed by atoms with Crippen molar-refractivity contribution < 1.29 is 33.8 Å². The molecule has 2 aliphatic heterocycles. The second-order valence-corrected chi connectivity index (χ2v) is 9.55. The van der Waals surface area contributed by atoms with Crippen LogP contribution in [0.2, 0.25) is 0 Å². The van der Waals surface area contributed by atoms with Crippen molar-refractivity contribution in [1.29, 1.82) is 0 Å². The average molecular weight is 518 g/mol. The highest BCUT2D eigenvalue weighted by Gasteiger charge is 2.44. The number of alkyl halides is 1. The summed E-state index contributed by atoms with van der Waals surface area (Å²) in [5, 5.41) is 14.1. The molecule has 1 unspecified atom stereocenters. The van der Waals surface area contributed by atoms with Gasteiger partial charge in [-0.15, -0.1) is 11.6 Å². The third-order valence-corrected chi connectivity index (χ3v) is 7.20. The Labute approximate surface area is 213 Å². The number of likely N-dealkylation sites (tertiary alicyclic amines) is 1. The van der Waals surface area contributed by atoms with Gasteiger partial charge in [0.25, 0.3) is 0 Å². The highest BCUT2D eigenvalue weighted by atomic mass is 35.5. The summed E-state index contributed by atoms with van der Waals surface area (Å²) >= 11 is 6.64. The van der Waals surface area contributed by atoms with Gasteiger partial charge in [-0.3, -0.25) is 19.2 Å². The van der Waals surface area contributed by atoms with E-state index in [0.29, 0.717) is 30.9 Å². The topological polar surface area (TPSA) is 134 Å². The SMILES string of the molecule is C[C@]1(C(=O)NCC(=O)N2CCC[C@H]2C(=O)N[C@H]2CC(=O)O[C@H]2O)C=CC=C(Oc2ccccc2)C1Cl. The molecule has 2 fully saturated rings. The molecule has 0 aromatic heterocycles. The zero-order valence-corrected chi connectivity index (χ0v) is 20.4. The van der Waals surface area contributed by atoms with Gasteiger partial charge in [-0.05, 0) is 38.0 Å². The van der Waals surface area contributed by atoms with Gasteiger partial charge in [-0.1, -0.05) is 30.4 Å². The van der Waals surface area contributed by atoms with Crippen molar-refractivity contribution in [2.75, 3.05) is 13.1 Å². The number of aliphatic hydroxyl groups is 1. The van der Waals surface area contributed by atoms with Crippen LogP contribution in [0.4, 0.5) is 0 Å².